The molecule has 1 amide bonds. The summed E-state index contributed by atoms with van der Waals surface area (Å²) in [5.41, 5.74) is -1.34. The Labute approximate surface area is 274 Å². The number of hydrogen-bond donors (Lipinski definition) is 1. The van der Waals surface area contributed by atoms with Gasteiger partial charge in [-0.15, -0.1) is 0 Å². The molecular weight excluding hydrogens is 594 g/mol. The average molecular weight is 652 g/mol. The molecule has 4 heterocycles. The number of methoxy groups -OCH3 is 1. The number of esters is 1. The second kappa shape index (κ2) is 13.8. The predicted octanol–water partition coefficient (Wildman–Crippen LogP) is 3.46. The van der Waals surface area contributed by atoms with Crippen molar-refractivity contribution >= 4 is 23.6 Å². The molecule has 4 rings (SSSR count). The molecule has 3 fully saturated rings. The van der Waals surface area contributed by atoms with Gasteiger partial charge in [-0.1, -0.05) is 27.7 Å². The first-order chi connectivity index (χ1) is 21.4. The number of cyclic esters (lactones) is 1. The van der Waals surface area contributed by atoms with Crippen LogP contribution in [0.1, 0.15) is 81.6 Å². The van der Waals surface area contributed by atoms with E-state index in [2.05, 4.69) is 6.92 Å². The molecule has 262 valence electrons. The van der Waals surface area contributed by atoms with Crippen LogP contribution in [0.4, 0.5) is 4.79 Å². The van der Waals surface area contributed by atoms with Gasteiger partial charge in [0, 0.05) is 37.2 Å². The number of hydrogen-bond acceptors (Lipinski definition) is 11. The number of ether oxygens (including phenoxy) is 5. The minimum Gasteiger partial charge on any atom is -0.458 e. The quantitative estimate of drug-likeness (QED) is 0.348. The van der Waals surface area contributed by atoms with E-state index in [9.17, 15) is 19.5 Å². The van der Waals surface area contributed by atoms with E-state index in [1.54, 1.807) is 18.9 Å². The normalized spacial score (nSPS) is 45.9. The van der Waals surface area contributed by atoms with Crippen molar-refractivity contribution in [2.45, 2.75) is 142 Å². The highest BCUT2D eigenvalue weighted by molar-refractivity contribution is 6.00. The average Bonchev–Trinajstić information content (AvgIpc) is 3.15. The molecule has 0 aromatic rings. The molecule has 4 aliphatic heterocycles. The molecule has 0 spiro atoms. The van der Waals surface area contributed by atoms with Crippen LogP contribution in [0.3, 0.4) is 0 Å². The fraction of sp³-hybridized carbons (Fsp3) is 0.882. The van der Waals surface area contributed by atoms with E-state index in [0.717, 1.165) is 5.71 Å². The Morgan fingerprint density at radius 2 is 1.72 bits per heavy atom. The van der Waals surface area contributed by atoms with Crippen LogP contribution in [0, 0.1) is 23.7 Å². The van der Waals surface area contributed by atoms with E-state index in [-0.39, 0.29) is 35.8 Å². The Morgan fingerprint density at radius 1 is 1.07 bits per heavy atom. The molecule has 46 heavy (non-hydrogen) atoms. The number of nitrogens with zero attached hydrogens (tertiary/aromatic N) is 3. The second-order valence-corrected chi connectivity index (χ2v) is 14.8. The van der Waals surface area contributed by atoms with Crippen LogP contribution in [0.5, 0.6) is 0 Å². The van der Waals surface area contributed by atoms with Crippen molar-refractivity contribution in [1.29, 1.82) is 0 Å². The molecule has 1 N–H and O–H groups in total. The van der Waals surface area contributed by atoms with Crippen molar-refractivity contribution in [2.24, 2.45) is 28.7 Å². The van der Waals surface area contributed by atoms with Gasteiger partial charge in [-0.3, -0.25) is 19.5 Å². The molecule has 12 heteroatoms. The Balaban J connectivity index is 1.83. The first kappa shape index (κ1) is 36.7. The van der Waals surface area contributed by atoms with Gasteiger partial charge in [-0.25, -0.2) is 4.79 Å². The second-order valence-electron chi connectivity index (χ2n) is 14.8. The molecule has 4 aliphatic rings. The molecule has 0 unspecified atom stereocenters. The third-order valence-corrected chi connectivity index (χ3v) is 11.0. The zero-order valence-electron chi connectivity index (χ0n) is 29.8. The number of aliphatic hydroxyl groups excluding tert-OH is 1. The van der Waals surface area contributed by atoms with Gasteiger partial charge in [0.2, 0.25) is 0 Å². The van der Waals surface area contributed by atoms with Crippen LogP contribution in [0.25, 0.3) is 0 Å². The third kappa shape index (κ3) is 6.61. The van der Waals surface area contributed by atoms with Crippen molar-refractivity contribution in [3.05, 3.63) is 0 Å². The minimum absolute atomic E-state index is 0.163. The van der Waals surface area contributed by atoms with Crippen molar-refractivity contribution < 1.29 is 43.2 Å². The molecule has 3 saturated heterocycles. The third-order valence-electron chi connectivity index (χ3n) is 11.0. The van der Waals surface area contributed by atoms with Gasteiger partial charge in [0.15, 0.2) is 17.7 Å². The van der Waals surface area contributed by atoms with Crippen LogP contribution >= 0.6 is 0 Å². The standard InChI is InChI=1S/C34H57N3O9/c1-13-24-34(9)28-20(5)25(35-18(3)16-37(28)32(41)46-34)17(2)15-33(8,42-12)29(21(6)26(38)22(7)30(40)44-24)45-31-27(39)23(36(10)11)14-19(4)43-31/h17-24,27-29,31,39H,13-16H2,1-12H3/t17-,18+,19-,20+,21+,22-,23+,24-,27-,28-,29-,31+,33-,34-/m1/s1. The fourth-order valence-electron chi connectivity index (χ4n) is 8.50. The van der Waals surface area contributed by atoms with Gasteiger partial charge in [0.25, 0.3) is 0 Å². The number of aliphatic imine (C=N–C) groups is 1. The fourth-order valence-corrected chi connectivity index (χ4v) is 8.50. The first-order valence-electron chi connectivity index (χ1n) is 16.9. The summed E-state index contributed by atoms with van der Waals surface area (Å²) in [6, 6.07) is -0.871. The van der Waals surface area contributed by atoms with Gasteiger partial charge in [0.05, 0.1) is 29.9 Å². The summed E-state index contributed by atoms with van der Waals surface area (Å²) in [6.07, 6.45) is -2.95. The Hall–Kier alpha value is -2.12. The number of fused-ring (bicyclic) bond motifs is 1. The Kier molecular flexibility index (Phi) is 11.0. The lowest BCUT2D eigenvalue weighted by atomic mass is 9.73. The molecule has 0 aliphatic carbocycles. The molecule has 0 aromatic carbocycles. The number of likely N-dealkylation sites (N-methyl/N-ethyl adjacent to an activating group) is 1. The number of amides is 1. The Bertz CT molecular complexity index is 1180. The lowest BCUT2D eigenvalue weighted by molar-refractivity contribution is -0.295. The number of rotatable bonds is 5. The summed E-state index contributed by atoms with van der Waals surface area (Å²) >= 11 is 0. The van der Waals surface area contributed by atoms with Crippen molar-refractivity contribution in [3.63, 3.8) is 0 Å². The van der Waals surface area contributed by atoms with E-state index < -0.39 is 65.7 Å². The van der Waals surface area contributed by atoms with Gasteiger partial charge < -0.3 is 33.7 Å². The maximum absolute atomic E-state index is 14.1. The number of ketones is 1. The van der Waals surface area contributed by atoms with Crippen LogP contribution in [-0.4, -0.2) is 126 Å². The maximum atomic E-state index is 14.1. The number of aliphatic hydroxyl groups is 1. The summed E-state index contributed by atoms with van der Waals surface area (Å²) < 4.78 is 31.2. The van der Waals surface area contributed by atoms with E-state index >= 15 is 0 Å². The highest BCUT2D eigenvalue weighted by atomic mass is 16.7. The molecule has 0 aromatic heterocycles. The largest absolute Gasteiger partial charge is 0.458 e. The van der Waals surface area contributed by atoms with Crippen LogP contribution in [-0.2, 0) is 33.3 Å². The zero-order chi connectivity index (χ0) is 34.5. The topological polar surface area (TPSA) is 136 Å². The smallest absolute Gasteiger partial charge is 0.411 e. The summed E-state index contributed by atoms with van der Waals surface area (Å²) in [4.78, 5) is 50.0. The highest BCUT2D eigenvalue weighted by Crippen LogP contribution is 2.44. The SMILES string of the molecule is CC[C@H]1OC(=O)[C@H](C)C(=O)[C@H](C)[C@@H](O[C@@H]2O[C@H](C)C[C@H](N(C)C)[C@H]2O)[C@](C)(OC)C[C@@H](C)C2=N[C@@H](C)CN3C(=O)O[C@@]1(C)[C@H]3[C@H]2C. The lowest BCUT2D eigenvalue weighted by Gasteiger charge is -2.47. The molecular formula is C34H57N3O9. The predicted molar refractivity (Wildman–Crippen MR) is 171 cm³/mol. The molecule has 2 bridgehead atoms. The van der Waals surface area contributed by atoms with E-state index in [1.807, 2.05) is 60.5 Å². The number of carbonyl (C=O) groups excluding carboxylic acids is 3. The highest BCUT2D eigenvalue weighted by Gasteiger charge is 2.60. The van der Waals surface area contributed by atoms with Crippen LogP contribution in [0.15, 0.2) is 4.99 Å². The van der Waals surface area contributed by atoms with Crippen molar-refractivity contribution in [3.8, 4) is 0 Å². The lowest BCUT2D eigenvalue weighted by Crippen LogP contribution is -2.60. The van der Waals surface area contributed by atoms with Crippen molar-refractivity contribution in [1.82, 2.24) is 9.80 Å². The summed E-state index contributed by atoms with van der Waals surface area (Å²) in [7, 11) is 5.39. The van der Waals surface area contributed by atoms with Gasteiger partial charge in [0.1, 0.15) is 18.1 Å². The Morgan fingerprint density at radius 3 is 2.30 bits per heavy atom. The van der Waals surface area contributed by atoms with Gasteiger partial charge in [-0.2, -0.15) is 0 Å². The molecule has 0 radical (unpaired) electrons. The number of Topliss-reactive ketones (excluding diaryl/α,β-unsaturated/α-hetero) is 1. The first-order valence-corrected chi connectivity index (χ1v) is 16.9. The van der Waals surface area contributed by atoms with Crippen molar-refractivity contribution in [2.75, 3.05) is 27.7 Å². The maximum Gasteiger partial charge on any atom is 0.411 e. The molecule has 0 saturated carbocycles. The van der Waals surface area contributed by atoms with Crippen LogP contribution < -0.4 is 0 Å². The minimum atomic E-state index is -1.16. The molecule has 12 nitrogen and oxygen atoms in total. The zero-order valence-corrected chi connectivity index (χ0v) is 29.8. The monoisotopic (exact) mass is 651 g/mol. The molecule has 14 atom stereocenters. The summed E-state index contributed by atoms with van der Waals surface area (Å²) in [5.74, 6) is -3.46. The summed E-state index contributed by atoms with van der Waals surface area (Å²) in [6.45, 7) is 17.3. The summed E-state index contributed by atoms with van der Waals surface area (Å²) in [5, 5.41) is 11.4. The van der Waals surface area contributed by atoms with Gasteiger partial charge >= 0.3 is 12.1 Å². The van der Waals surface area contributed by atoms with E-state index in [1.165, 1.54) is 6.92 Å². The van der Waals surface area contributed by atoms with Crippen LogP contribution in [0.2, 0.25) is 0 Å². The van der Waals surface area contributed by atoms with Gasteiger partial charge in [-0.05, 0) is 73.9 Å². The number of carbonyl (C=O) groups is 3. The van der Waals surface area contributed by atoms with E-state index in [0.29, 0.717) is 25.8 Å². The van der Waals surface area contributed by atoms with E-state index in [4.69, 9.17) is 28.7 Å².